The van der Waals surface area contributed by atoms with Crippen molar-refractivity contribution >= 4 is 5.91 Å². The first-order valence-corrected chi connectivity index (χ1v) is 5.37. The molecule has 2 aliphatic heterocycles. The van der Waals surface area contributed by atoms with Crippen molar-refractivity contribution < 1.29 is 4.79 Å². The third-order valence-electron chi connectivity index (χ3n) is 2.64. The minimum atomic E-state index is 0.123. The molecule has 15 heavy (non-hydrogen) atoms. The van der Waals surface area contributed by atoms with Crippen LogP contribution in [0.1, 0.15) is 20.3 Å². The van der Waals surface area contributed by atoms with Gasteiger partial charge in [0.15, 0.2) is 0 Å². The van der Waals surface area contributed by atoms with Crippen molar-refractivity contribution in [2.75, 3.05) is 13.1 Å². The van der Waals surface area contributed by atoms with E-state index in [9.17, 15) is 4.79 Å². The Labute approximate surface area is 90.4 Å². The Bertz CT molecular complexity index is 366. The SMILES string of the molecule is CCCN1C=C(C)C(=O)N2CC=CC=C12. The summed E-state index contributed by atoms with van der Waals surface area (Å²) in [5.74, 6) is 1.13. The van der Waals surface area contributed by atoms with Crippen LogP contribution >= 0.6 is 0 Å². The lowest BCUT2D eigenvalue weighted by atomic mass is 10.1. The van der Waals surface area contributed by atoms with E-state index < -0.39 is 0 Å². The maximum atomic E-state index is 11.9. The van der Waals surface area contributed by atoms with Gasteiger partial charge in [0.05, 0.1) is 0 Å². The molecule has 0 spiro atoms. The zero-order valence-corrected chi connectivity index (χ0v) is 9.23. The Kier molecular flexibility index (Phi) is 2.62. The predicted molar refractivity (Wildman–Crippen MR) is 59.7 cm³/mol. The molecule has 0 aromatic carbocycles. The van der Waals surface area contributed by atoms with E-state index in [-0.39, 0.29) is 5.91 Å². The van der Waals surface area contributed by atoms with E-state index >= 15 is 0 Å². The molecule has 0 fully saturated rings. The summed E-state index contributed by atoms with van der Waals surface area (Å²) >= 11 is 0. The Morgan fingerprint density at radius 1 is 1.47 bits per heavy atom. The molecule has 3 heteroatoms. The number of carbonyl (C=O) groups is 1. The minimum Gasteiger partial charge on any atom is -0.334 e. The third kappa shape index (κ3) is 1.69. The van der Waals surface area contributed by atoms with Gasteiger partial charge in [0.25, 0.3) is 5.91 Å². The van der Waals surface area contributed by atoms with Crippen LogP contribution in [-0.2, 0) is 4.79 Å². The molecule has 2 heterocycles. The van der Waals surface area contributed by atoms with Gasteiger partial charge in [-0.3, -0.25) is 9.69 Å². The molecule has 3 nitrogen and oxygen atoms in total. The van der Waals surface area contributed by atoms with E-state index in [1.165, 1.54) is 0 Å². The highest BCUT2D eigenvalue weighted by Crippen LogP contribution is 2.23. The van der Waals surface area contributed by atoms with Crippen molar-refractivity contribution in [3.8, 4) is 0 Å². The predicted octanol–water partition coefficient (Wildman–Crippen LogP) is 1.86. The van der Waals surface area contributed by atoms with Crippen LogP contribution in [0.3, 0.4) is 0 Å². The van der Waals surface area contributed by atoms with Crippen molar-refractivity contribution in [1.82, 2.24) is 9.80 Å². The number of rotatable bonds is 2. The van der Waals surface area contributed by atoms with Gasteiger partial charge in [-0.05, 0) is 19.4 Å². The summed E-state index contributed by atoms with van der Waals surface area (Å²) in [5.41, 5.74) is 0.816. The van der Waals surface area contributed by atoms with Crippen molar-refractivity contribution in [3.63, 3.8) is 0 Å². The van der Waals surface area contributed by atoms with E-state index in [1.807, 2.05) is 36.3 Å². The first kappa shape index (κ1) is 10.0. The van der Waals surface area contributed by atoms with Gasteiger partial charge < -0.3 is 4.90 Å². The smallest absolute Gasteiger partial charge is 0.256 e. The molecule has 1 amide bonds. The van der Waals surface area contributed by atoms with Gasteiger partial charge >= 0.3 is 0 Å². The largest absolute Gasteiger partial charge is 0.334 e. The molecular weight excluding hydrogens is 188 g/mol. The van der Waals surface area contributed by atoms with Crippen LogP contribution in [0.2, 0.25) is 0 Å². The third-order valence-corrected chi connectivity index (χ3v) is 2.64. The first-order chi connectivity index (χ1) is 7.24. The monoisotopic (exact) mass is 204 g/mol. The topological polar surface area (TPSA) is 23.6 Å². The molecule has 2 rings (SSSR count). The van der Waals surface area contributed by atoms with Gasteiger partial charge in [0.1, 0.15) is 5.82 Å². The van der Waals surface area contributed by atoms with E-state index in [0.29, 0.717) is 6.54 Å². The first-order valence-electron chi connectivity index (χ1n) is 5.37. The number of hydrogen-bond acceptors (Lipinski definition) is 2. The molecule has 0 N–H and O–H groups in total. The minimum absolute atomic E-state index is 0.123. The van der Waals surface area contributed by atoms with Gasteiger partial charge in [0, 0.05) is 24.9 Å². The lowest BCUT2D eigenvalue weighted by Gasteiger charge is -2.37. The fourth-order valence-corrected chi connectivity index (χ4v) is 1.93. The number of carbonyl (C=O) groups excluding carboxylic acids is 1. The van der Waals surface area contributed by atoms with E-state index in [2.05, 4.69) is 11.8 Å². The molecule has 0 atom stereocenters. The Hall–Kier alpha value is -1.51. The summed E-state index contributed by atoms with van der Waals surface area (Å²) in [6.07, 6.45) is 9.04. The quantitative estimate of drug-likeness (QED) is 0.685. The zero-order valence-electron chi connectivity index (χ0n) is 9.23. The summed E-state index contributed by atoms with van der Waals surface area (Å²) in [6.45, 7) is 5.67. The molecule has 0 saturated carbocycles. The van der Waals surface area contributed by atoms with E-state index in [0.717, 1.165) is 24.4 Å². The van der Waals surface area contributed by atoms with Gasteiger partial charge in [-0.2, -0.15) is 0 Å². The Morgan fingerprint density at radius 3 is 3.00 bits per heavy atom. The summed E-state index contributed by atoms with van der Waals surface area (Å²) in [4.78, 5) is 15.8. The highest BCUT2D eigenvalue weighted by molar-refractivity contribution is 5.95. The van der Waals surface area contributed by atoms with Crippen LogP contribution in [-0.4, -0.2) is 28.8 Å². The molecule has 80 valence electrons. The molecule has 0 aromatic rings. The molecule has 0 aliphatic carbocycles. The molecule has 0 radical (unpaired) electrons. The van der Waals surface area contributed by atoms with Crippen molar-refractivity contribution in [3.05, 3.63) is 35.8 Å². The highest BCUT2D eigenvalue weighted by atomic mass is 16.2. The number of amides is 1. The number of fused-ring (bicyclic) bond motifs is 1. The summed E-state index contributed by atoms with van der Waals surface area (Å²) in [5, 5.41) is 0. The molecule has 2 aliphatic rings. The molecule has 0 unspecified atom stereocenters. The molecule has 0 bridgehead atoms. The van der Waals surface area contributed by atoms with Crippen molar-refractivity contribution in [2.45, 2.75) is 20.3 Å². The average Bonchev–Trinajstić information content (AvgIpc) is 2.26. The van der Waals surface area contributed by atoms with Crippen LogP contribution in [0.25, 0.3) is 0 Å². The number of nitrogens with zero attached hydrogens (tertiary/aromatic N) is 2. The van der Waals surface area contributed by atoms with Crippen molar-refractivity contribution in [2.24, 2.45) is 0 Å². The van der Waals surface area contributed by atoms with Crippen LogP contribution in [0.15, 0.2) is 35.8 Å². The molecule has 0 aromatic heterocycles. The van der Waals surface area contributed by atoms with Gasteiger partial charge in [-0.15, -0.1) is 0 Å². The Morgan fingerprint density at radius 2 is 2.27 bits per heavy atom. The zero-order chi connectivity index (χ0) is 10.8. The van der Waals surface area contributed by atoms with Crippen LogP contribution in [0, 0.1) is 0 Å². The average molecular weight is 204 g/mol. The lowest BCUT2D eigenvalue weighted by Crippen LogP contribution is -2.43. The van der Waals surface area contributed by atoms with Crippen LogP contribution in [0.4, 0.5) is 0 Å². The second-order valence-corrected chi connectivity index (χ2v) is 3.87. The second-order valence-electron chi connectivity index (χ2n) is 3.87. The van der Waals surface area contributed by atoms with Crippen molar-refractivity contribution in [1.29, 1.82) is 0 Å². The van der Waals surface area contributed by atoms with Gasteiger partial charge in [0.2, 0.25) is 0 Å². The Balaban J connectivity index is 2.34. The fraction of sp³-hybridized carbons (Fsp3) is 0.417. The van der Waals surface area contributed by atoms with E-state index in [1.54, 1.807) is 0 Å². The lowest BCUT2D eigenvalue weighted by molar-refractivity contribution is -0.126. The normalized spacial score (nSPS) is 20.0. The molecule has 0 saturated heterocycles. The second kappa shape index (κ2) is 3.93. The summed E-state index contributed by atoms with van der Waals surface area (Å²) in [7, 11) is 0. The standard InChI is InChI=1S/C12H16N2O/c1-3-7-13-9-10(2)12(15)14-8-5-4-6-11(13)14/h4-6,9H,3,7-8H2,1-2H3. The maximum absolute atomic E-state index is 11.9. The maximum Gasteiger partial charge on any atom is 0.256 e. The van der Waals surface area contributed by atoms with Gasteiger partial charge in [-0.1, -0.05) is 19.1 Å². The molecular formula is C12H16N2O. The number of hydrogen-bond donors (Lipinski definition) is 0. The highest BCUT2D eigenvalue weighted by Gasteiger charge is 2.27. The number of allylic oxidation sites excluding steroid dienone is 2. The van der Waals surface area contributed by atoms with Crippen LogP contribution < -0.4 is 0 Å². The fourth-order valence-electron chi connectivity index (χ4n) is 1.93. The van der Waals surface area contributed by atoms with Crippen LogP contribution in [0.5, 0.6) is 0 Å². The van der Waals surface area contributed by atoms with Gasteiger partial charge in [-0.25, -0.2) is 0 Å². The van der Waals surface area contributed by atoms with E-state index in [4.69, 9.17) is 0 Å². The summed E-state index contributed by atoms with van der Waals surface area (Å²) < 4.78 is 0. The summed E-state index contributed by atoms with van der Waals surface area (Å²) in [6, 6.07) is 0.